The van der Waals surface area contributed by atoms with Gasteiger partial charge in [-0.3, -0.25) is 0 Å². The van der Waals surface area contributed by atoms with Gasteiger partial charge in [-0.1, -0.05) is 11.6 Å². The lowest BCUT2D eigenvalue weighted by Gasteiger charge is -2.13. The van der Waals surface area contributed by atoms with E-state index in [1.54, 1.807) is 0 Å². The maximum atomic E-state index is 12.3. The predicted molar refractivity (Wildman–Crippen MR) is 51.9 cm³/mol. The molecule has 0 radical (unpaired) electrons. The van der Waals surface area contributed by atoms with Gasteiger partial charge in [0.15, 0.2) is 0 Å². The monoisotopic (exact) mass is 357 g/mol. The first kappa shape index (κ1) is 12.9. The normalized spacial score (nSPS) is 12.3. The smallest absolute Gasteiger partial charge is 0.240 e. The minimum atomic E-state index is -4.93. The van der Waals surface area contributed by atoms with E-state index in [1.165, 1.54) is 22.6 Å². The summed E-state index contributed by atoms with van der Waals surface area (Å²) in [6.45, 7) is 0. The average Bonchev–Trinajstić information content (AvgIpc) is 1.99. The van der Waals surface area contributed by atoms with Gasteiger partial charge in [-0.2, -0.15) is 13.2 Å². The van der Waals surface area contributed by atoms with Crippen LogP contribution < -0.4 is 0 Å². The molecule has 0 amide bonds. The van der Waals surface area contributed by atoms with Gasteiger partial charge >= 0.3 is 6.18 Å². The minimum absolute atomic E-state index is 0.0131. The Morgan fingerprint density at radius 3 is 2.27 bits per heavy atom. The van der Waals surface area contributed by atoms with Gasteiger partial charge in [-0.05, 0) is 28.7 Å². The van der Waals surface area contributed by atoms with Crippen LogP contribution in [0.4, 0.5) is 22.0 Å². The lowest BCUT2D eigenvalue weighted by molar-refractivity contribution is -0.139. The lowest BCUT2D eigenvalue weighted by Crippen LogP contribution is -2.13. The summed E-state index contributed by atoms with van der Waals surface area (Å²) in [5, 5.41) is -0.766. The van der Waals surface area contributed by atoms with Gasteiger partial charge in [-0.25, -0.2) is 13.8 Å². The fourth-order valence-electron chi connectivity index (χ4n) is 0.941. The van der Waals surface area contributed by atoms with E-state index >= 15 is 0 Å². The molecule has 8 heteroatoms. The highest BCUT2D eigenvalue weighted by molar-refractivity contribution is 14.1. The molecule has 1 aromatic rings. The Labute approximate surface area is 99.8 Å². The molecule has 0 saturated heterocycles. The molecular formula is C7H2ClF5IN. The molecule has 0 saturated carbocycles. The Balaban J connectivity index is 3.48. The third-order valence-electron chi connectivity index (χ3n) is 1.46. The summed E-state index contributed by atoms with van der Waals surface area (Å²) in [6, 6.07) is 0.886. The number of aromatic nitrogens is 1. The molecule has 0 unspecified atom stereocenters. The van der Waals surface area contributed by atoms with Gasteiger partial charge in [0, 0.05) is 0 Å². The fraction of sp³-hybridized carbons (Fsp3) is 0.286. The Bertz CT molecular complexity index is 378. The molecule has 0 aliphatic heterocycles. The number of nitrogens with zero attached hydrogens (tertiary/aromatic N) is 1. The molecule has 1 nitrogen and oxygen atoms in total. The maximum Gasteiger partial charge on any atom is 0.419 e. The minimum Gasteiger partial charge on any atom is -0.240 e. The number of halogens is 7. The molecule has 15 heavy (non-hydrogen) atoms. The molecule has 0 atom stereocenters. The molecule has 0 bridgehead atoms. The van der Waals surface area contributed by atoms with Crippen LogP contribution in [0.5, 0.6) is 0 Å². The number of hydrogen-bond donors (Lipinski definition) is 0. The van der Waals surface area contributed by atoms with E-state index in [-0.39, 0.29) is 3.70 Å². The van der Waals surface area contributed by atoms with E-state index < -0.39 is 28.9 Å². The maximum absolute atomic E-state index is 12.3. The zero-order chi connectivity index (χ0) is 11.8. The van der Waals surface area contributed by atoms with Crippen molar-refractivity contribution in [3.05, 3.63) is 26.0 Å². The van der Waals surface area contributed by atoms with Crippen molar-refractivity contribution in [1.29, 1.82) is 0 Å². The highest BCUT2D eigenvalue weighted by Gasteiger charge is 2.39. The van der Waals surface area contributed by atoms with E-state index in [9.17, 15) is 22.0 Å². The Hall–Kier alpha value is -0.180. The molecule has 84 valence electrons. The second kappa shape index (κ2) is 4.36. The quantitative estimate of drug-likeness (QED) is 0.415. The van der Waals surface area contributed by atoms with Crippen molar-refractivity contribution in [3.8, 4) is 0 Å². The number of rotatable bonds is 1. The summed E-state index contributed by atoms with van der Waals surface area (Å²) in [4.78, 5) is 3.13. The highest BCUT2D eigenvalue weighted by atomic mass is 127. The molecular weight excluding hydrogens is 355 g/mol. The van der Waals surface area contributed by atoms with Crippen molar-refractivity contribution in [2.45, 2.75) is 12.6 Å². The highest BCUT2D eigenvalue weighted by Crippen LogP contribution is 2.40. The van der Waals surface area contributed by atoms with E-state index in [0.29, 0.717) is 0 Å². The summed E-state index contributed by atoms with van der Waals surface area (Å²) in [6.07, 6.45) is -8.24. The first-order valence-corrected chi connectivity index (χ1v) is 4.90. The standard InChI is InChI=1S/C7H2ClF5IN/c8-2-1-3(14)15-5(6(9)10)4(2)7(11,12)13/h1,6H. The zero-order valence-corrected chi connectivity index (χ0v) is 9.66. The van der Waals surface area contributed by atoms with Gasteiger partial charge in [0.1, 0.15) is 15.0 Å². The molecule has 0 aromatic carbocycles. The van der Waals surface area contributed by atoms with Crippen LogP contribution in [0.2, 0.25) is 5.02 Å². The summed E-state index contributed by atoms with van der Waals surface area (Å²) >= 11 is 6.78. The molecule has 0 spiro atoms. The van der Waals surface area contributed by atoms with E-state index in [0.717, 1.165) is 6.07 Å². The Morgan fingerprint density at radius 2 is 1.87 bits per heavy atom. The van der Waals surface area contributed by atoms with Crippen molar-refractivity contribution in [2.24, 2.45) is 0 Å². The molecule has 0 aliphatic carbocycles. The van der Waals surface area contributed by atoms with Crippen molar-refractivity contribution in [1.82, 2.24) is 4.98 Å². The van der Waals surface area contributed by atoms with Gasteiger partial charge < -0.3 is 0 Å². The summed E-state index contributed by atoms with van der Waals surface area (Å²) in [7, 11) is 0. The van der Waals surface area contributed by atoms with Gasteiger partial charge in [-0.15, -0.1) is 0 Å². The number of pyridine rings is 1. The number of alkyl halides is 5. The zero-order valence-electron chi connectivity index (χ0n) is 6.75. The van der Waals surface area contributed by atoms with Crippen molar-refractivity contribution >= 4 is 34.2 Å². The van der Waals surface area contributed by atoms with Crippen LogP contribution in [0.1, 0.15) is 17.7 Å². The third-order valence-corrected chi connectivity index (χ3v) is 2.31. The van der Waals surface area contributed by atoms with Crippen molar-refractivity contribution in [2.75, 3.05) is 0 Å². The Morgan fingerprint density at radius 1 is 1.33 bits per heavy atom. The van der Waals surface area contributed by atoms with Crippen LogP contribution in [0.25, 0.3) is 0 Å². The number of hydrogen-bond acceptors (Lipinski definition) is 1. The summed E-state index contributed by atoms with van der Waals surface area (Å²) in [5.74, 6) is 0. The summed E-state index contributed by atoms with van der Waals surface area (Å²) < 4.78 is 61.6. The fourth-order valence-corrected chi connectivity index (χ4v) is 2.00. The lowest BCUT2D eigenvalue weighted by atomic mass is 10.2. The van der Waals surface area contributed by atoms with E-state index in [4.69, 9.17) is 11.6 Å². The van der Waals surface area contributed by atoms with Gasteiger partial charge in [0.05, 0.1) is 5.02 Å². The molecule has 0 aliphatic rings. The average molecular weight is 357 g/mol. The van der Waals surface area contributed by atoms with Crippen LogP contribution >= 0.6 is 34.2 Å². The first-order valence-electron chi connectivity index (χ1n) is 3.44. The van der Waals surface area contributed by atoms with Crippen LogP contribution in [-0.4, -0.2) is 4.98 Å². The molecule has 1 rings (SSSR count). The SMILES string of the molecule is FC(F)c1nc(I)cc(Cl)c1C(F)(F)F. The molecule has 0 N–H and O–H groups in total. The second-order valence-electron chi connectivity index (χ2n) is 2.49. The second-order valence-corrected chi connectivity index (χ2v) is 4.00. The first-order chi connectivity index (χ1) is 6.73. The predicted octanol–water partition coefficient (Wildman–Crippen LogP) is 4.30. The molecule has 1 heterocycles. The van der Waals surface area contributed by atoms with Gasteiger partial charge in [0.25, 0.3) is 6.43 Å². The van der Waals surface area contributed by atoms with Crippen LogP contribution in [0, 0.1) is 3.70 Å². The topological polar surface area (TPSA) is 12.9 Å². The largest absolute Gasteiger partial charge is 0.419 e. The Kier molecular flexibility index (Phi) is 3.75. The van der Waals surface area contributed by atoms with Crippen molar-refractivity contribution in [3.63, 3.8) is 0 Å². The summed E-state index contributed by atoms with van der Waals surface area (Å²) in [5.41, 5.74) is -2.90. The van der Waals surface area contributed by atoms with Crippen LogP contribution in [-0.2, 0) is 6.18 Å². The third kappa shape index (κ3) is 2.90. The van der Waals surface area contributed by atoms with E-state index in [2.05, 4.69) is 4.98 Å². The van der Waals surface area contributed by atoms with Crippen LogP contribution in [0.15, 0.2) is 6.07 Å². The van der Waals surface area contributed by atoms with Gasteiger partial charge in [0.2, 0.25) is 0 Å². The van der Waals surface area contributed by atoms with Crippen molar-refractivity contribution < 1.29 is 22.0 Å². The molecule has 1 aromatic heterocycles. The van der Waals surface area contributed by atoms with E-state index in [1.807, 2.05) is 0 Å². The van der Waals surface area contributed by atoms with Crippen LogP contribution in [0.3, 0.4) is 0 Å². The molecule has 0 fully saturated rings.